The molecule has 0 aliphatic heterocycles. The van der Waals surface area contributed by atoms with Gasteiger partial charge >= 0.3 is 5.97 Å². The minimum Gasteiger partial charge on any atom is -0.465 e. The van der Waals surface area contributed by atoms with Crippen molar-refractivity contribution in [1.82, 2.24) is 10.2 Å². The average Bonchev–Trinajstić information content (AvgIpc) is 3.21. The third-order valence-electron chi connectivity index (χ3n) is 4.14. The molecule has 1 rings (SSSR count). The molecule has 0 heterocycles. The Morgan fingerprint density at radius 3 is 2.52 bits per heavy atom. The van der Waals surface area contributed by atoms with E-state index in [9.17, 15) is 4.79 Å². The normalized spacial score (nSPS) is 18.0. The zero-order valence-corrected chi connectivity index (χ0v) is 14.6. The Morgan fingerprint density at radius 1 is 1.38 bits per heavy atom. The second-order valence-corrected chi connectivity index (χ2v) is 6.79. The van der Waals surface area contributed by atoms with Gasteiger partial charge in [0.25, 0.3) is 0 Å². The molecule has 0 radical (unpaired) electrons. The molecule has 1 N–H and O–H groups in total. The summed E-state index contributed by atoms with van der Waals surface area (Å²) in [5, 5.41) is 3.39. The van der Waals surface area contributed by atoms with Gasteiger partial charge in [-0.3, -0.25) is 10.1 Å². The molecule has 0 amide bonds. The molecule has 21 heavy (non-hydrogen) atoms. The number of rotatable bonds is 11. The van der Waals surface area contributed by atoms with Crippen molar-refractivity contribution in [3.05, 3.63) is 0 Å². The van der Waals surface area contributed by atoms with Gasteiger partial charge in [-0.15, -0.1) is 0 Å². The predicted octanol–water partition coefficient (Wildman–Crippen LogP) is 2.82. The molecule has 1 atom stereocenters. The van der Waals surface area contributed by atoms with Gasteiger partial charge in [0.15, 0.2) is 0 Å². The molecule has 0 bridgehead atoms. The number of esters is 1. The van der Waals surface area contributed by atoms with Crippen molar-refractivity contribution in [2.24, 2.45) is 5.92 Å². The standard InChI is InChI=1S/C17H34N2O2/c1-6-19(13-15-9-10-15)12-8-11-17(5,18-14(3)4)16(20)21-7-2/h14-15,18H,6-13H2,1-5H3. The Kier molecular flexibility index (Phi) is 7.67. The Labute approximate surface area is 130 Å². The first-order valence-electron chi connectivity index (χ1n) is 8.58. The molecule has 1 aliphatic carbocycles. The Morgan fingerprint density at radius 2 is 2.05 bits per heavy atom. The van der Waals surface area contributed by atoms with Crippen LogP contribution in [0.4, 0.5) is 0 Å². The molecular formula is C17H34N2O2. The van der Waals surface area contributed by atoms with E-state index in [1.54, 1.807) is 0 Å². The van der Waals surface area contributed by atoms with E-state index in [1.807, 2.05) is 13.8 Å². The first-order chi connectivity index (χ1) is 9.91. The van der Waals surface area contributed by atoms with Gasteiger partial charge < -0.3 is 9.64 Å². The van der Waals surface area contributed by atoms with E-state index >= 15 is 0 Å². The summed E-state index contributed by atoms with van der Waals surface area (Å²) in [6.45, 7) is 14.0. The highest BCUT2D eigenvalue weighted by Gasteiger charge is 2.34. The number of carbonyl (C=O) groups excluding carboxylic acids is 1. The van der Waals surface area contributed by atoms with E-state index < -0.39 is 5.54 Å². The van der Waals surface area contributed by atoms with Crippen molar-refractivity contribution in [3.63, 3.8) is 0 Å². The van der Waals surface area contributed by atoms with Crippen LogP contribution in [0.3, 0.4) is 0 Å². The van der Waals surface area contributed by atoms with Crippen LogP contribution in [0.1, 0.15) is 60.3 Å². The summed E-state index contributed by atoms with van der Waals surface area (Å²) < 4.78 is 5.25. The minimum atomic E-state index is -0.566. The maximum absolute atomic E-state index is 12.2. The highest BCUT2D eigenvalue weighted by atomic mass is 16.5. The lowest BCUT2D eigenvalue weighted by Gasteiger charge is -2.31. The maximum Gasteiger partial charge on any atom is 0.326 e. The van der Waals surface area contributed by atoms with Crippen LogP contribution in [0.15, 0.2) is 0 Å². The van der Waals surface area contributed by atoms with Crippen molar-refractivity contribution in [3.8, 4) is 0 Å². The molecule has 0 aromatic carbocycles. The van der Waals surface area contributed by atoms with Gasteiger partial charge in [0, 0.05) is 12.6 Å². The Balaban J connectivity index is 2.45. The lowest BCUT2D eigenvalue weighted by atomic mass is 9.94. The van der Waals surface area contributed by atoms with Crippen molar-refractivity contribution < 1.29 is 9.53 Å². The lowest BCUT2D eigenvalue weighted by Crippen LogP contribution is -2.53. The third-order valence-corrected chi connectivity index (χ3v) is 4.14. The van der Waals surface area contributed by atoms with Crippen LogP contribution in [-0.4, -0.2) is 48.7 Å². The van der Waals surface area contributed by atoms with Gasteiger partial charge in [0.1, 0.15) is 5.54 Å². The fourth-order valence-electron chi connectivity index (χ4n) is 2.86. The van der Waals surface area contributed by atoms with Crippen LogP contribution in [0.5, 0.6) is 0 Å². The monoisotopic (exact) mass is 298 g/mol. The van der Waals surface area contributed by atoms with Gasteiger partial charge in [-0.25, -0.2) is 0 Å². The first-order valence-corrected chi connectivity index (χ1v) is 8.58. The zero-order valence-electron chi connectivity index (χ0n) is 14.6. The van der Waals surface area contributed by atoms with Crippen molar-refractivity contribution in [2.45, 2.75) is 71.9 Å². The second-order valence-electron chi connectivity index (χ2n) is 6.79. The molecule has 1 saturated carbocycles. The molecule has 1 unspecified atom stereocenters. The van der Waals surface area contributed by atoms with Gasteiger partial charge in [-0.1, -0.05) is 6.92 Å². The van der Waals surface area contributed by atoms with Gasteiger partial charge in [0.2, 0.25) is 0 Å². The predicted molar refractivity (Wildman–Crippen MR) is 87.4 cm³/mol. The summed E-state index contributed by atoms with van der Waals surface area (Å²) in [4.78, 5) is 14.7. The van der Waals surface area contributed by atoms with E-state index in [4.69, 9.17) is 4.74 Å². The van der Waals surface area contributed by atoms with Crippen LogP contribution >= 0.6 is 0 Å². The Bertz CT molecular complexity index is 316. The van der Waals surface area contributed by atoms with Gasteiger partial charge in [-0.05, 0) is 72.4 Å². The number of hydrogen-bond donors (Lipinski definition) is 1. The average molecular weight is 298 g/mol. The summed E-state index contributed by atoms with van der Waals surface area (Å²) in [7, 11) is 0. The number of nitrogens with one attached hydrogen (secondary N) is 1. The van der Waals surface area contributed by atoms with Crippen molar-refractivity contribution in [2.75, 3.05) is 26.2 Å². The molecule has 1 fully saturated rings. The molecule has 4 heteroatoms. The van der Waals surface area contributed by atoms with Crippen LogP contribution < -0.4 is 5.32 Å². The molecular weight excluding hydrogens is 264 g/mol. The maximum atomic E-state index is 12.2. The Hall–Kier alpha value is -0.610. The molecule has 4 nitrogen and oxygen atoms in total. The van der Waals surface area contributed by atoms with Gasteiger partial charge in [0.05, 0.1) is 6.61 Å². The molecule has 0 spiro atoms. The second kappa shape index (κ2) is 8.74. The van der Waals surface area contributed by atoms with Crippen LogP contribution in [-0.2, 0) is 9.53 Å². The smallest absolute Gasteiger partial charge is 0.326 e. The molecule has 1 aliphatic rings. The summed E-state index contributed by atoms with van der Waals surface area (Å²) in [5.74, 6) is 0.805. The molecule has 0 aromatic rings. The van der Waals surface area contributed by atoms with Gasteiger partial charge in [-0.2, -0.15) is 0 Å². The quantitative estimate of drug-likeness (QED) is 0.596. The number of ether oxygens (including phenoxy) is 1. The summed E-state index contributed by atoms with van der Waals surface area (Å²) in [6.07, 6.45) is 4.64. The van der Waals surface area contributed by atoms with Crippen molar-refractivity contribution >= 4 is 5.97 Å². The fourth-order valence-corrected chi connectivity index (χ4v) is 2.86. The van der Waals surface area contributed by atoms with Crippen molar-refractivity contribution in [1.29, 1.82) is 0 Å². The highest BCUT2D eigenvalue weighted by Crippen LogP contribution is 2.29. The number of carbonyl (C=O) groups is 1. The largest absolute Gasteiger partial charge is 0.465 e. The topological polar surface area (TPSA) is 41.6 Å². The molecule has 0 saturated heterocycles. The van der Waals surface area contributed by atoms with E-state index in [0.29, 0.717) is 6.61 Å². The molecule has 0 aromatic heterocycles. The lowest BCUT2D eigenvalue weighted by molar-refractivity contribution is -0.151. The summed E-state index contributed by atoms with van der Waals surface area (Å²) in [5.41, 5.74) is -0.566. The highest BCUT2D eigenvalue weighted by molar-refractivity contribution is 5.80. The van der Waals surface area contributed by atoms with E-state index in [-0.39, 0.29) is 12.0 Å². The van der Waals surface area contributed by atoms with E-state index in [1.165, 1.54) is 19.4 Å². The number of hydrogen-bond acceptors (Lipinski definition) is 4. The minimum absolute atomic E-state index is 0.121. The van der Waals surface area contributed by atoms with E-state index in [0.717, 1.165) is 31.8 Å². The summed E-state index contributed by atoms with van der Waals surface area (Å²) in [6, 6.07) is 0.271. The zero-order chi connectivity index (χ0) is 15.9. The first kappa shape index (κ1) is 18.4. The summed E-state index contributed by atoms with van der Waals surface area (Å²) >= 11 is 0. The van der Waals surface area contributed by atoms with Crippen LogP contribution in [0, 0.1) is 5.92 Å². The van der Waals surface area contributed by atoms with Crippen LogP contribution in [0.2, 0.25) is 0 Å². The molecule has 124 valence electrons. The SMILES string of the molecule is CCOC(=O)C(C)(CCCN(CC)CC1CC1)NC(C)C. The third kappa shape index (κ3) is 6.79. The van der Waals surface area contributed by atoms with E-state index in [2.05, 4.69) is 31.0 Å². The number of nitrogens with zero attached hydrogens (tertiary/aromatic N) is 1. The van der Waals surface area contributed by atoms with Crippen LogP contribution in [0.25, 0.3) is 0 Å². The fraction of sp³-hybridized carbons (Fsp3) is 0.941.